The van der Waals surface area contributed by atoms with Gasteiger partial charge in [-0.15, -0.1) is 0 Å². The molecule has 19 heavy (non-hydrogen) atoms. The highest BCUT2D eigenvalue weighted by molar-refractivity contribution is 5.58. The Balaban J connectivity index is 2.23. The molecule has 0 bridgehead atoms. The number of nitro groups is 1. The lowest BCUT2D eigenvalue weighted by atomic mass is 9.95. The highest BCUT2D eigenvalue weighted by Crippen LogP contribution is 2.29. The zero-order valence-electron chi connectivity index (χ0n) is 11.1. The van der Waals surface area contributed by atoms with Crippen LogP contribution in [0.3, 0.4) is 0 Å². The van der Waals surface area contributed by atoms with Crippen LogP contribution in [0.4, 0.5) is 17.3 Å². The molecule has 0 amide bonds. The van der Waals surface area contributed by atoms with Crippen LogP contribution >= 0.6 is 0 Å². The molecule has 104 valence electrons. The fourth-order valence-electron chi connectivity index (χ4n) is 2.36. The molecule has 2 heterocycles. The number of rotatable bonds is 3. The van der Waals surface area contributed by atoms with E-state index < -0.39 is 4.92 Å². The number of ether oxygens (including phenoxy) is 1. The Labute approximate surface area is 111 Å². The molecule has 0 saturated carbocycles. The van der Waals surface area contributed by atoms with Crippen LogP contribution in [0, 0.1) is 10.1 Å². The second-order valence-electron chi connectivity index (χ2n) is 5.01. The van der Waals surface area contributed by atoms with E-state index in [4.69, 9.17) is 10.5 Å². The minimum Gasteiger partial charge on any atom is -0.378 e. The van der Waals surface area contributed by atoms with E-state index in [2.05, 4.69) is 4.98 Å². The van der Waals surface area contributed by atoms with Crippen molar-refractivity contribution in [2.24, 2.45) is 0 Å². The van der Waals surface area contributed by atoms with Gasteiger partial charge < -0.3 is 15.4 Å². The van der Waals surface area contributed by atoms with E-state index in [1.165, 1.54) is 6.07 Å². The molecule has 1 aliphatic rings. The Morgan fingerprint density at radius 2 is 2.32 bits per heavy atom. The highest BCUT2D eigenvalue weighted by Gasteiger charge is 2.31. The first-order chi connectivity index (χ1) is 8.95. The van der Waals surface area contributed by atoms with Crippen LogP contribution in [-0.2, 0) is 4.74 Å². The van der Waals surface area contributed by atoms with Crippen molar-refractivity contribution < 1.29 is 9.66 Å². The van der Waals surface area contributed by atoms with Gasteiger partial charge in [0.05, 0.1) is 10.5 Å². The number of aromatic nitrogens is 1. The van der Waals surface area contributed by atoms with E-state index >= 15 is 0 Å². The van der Waals surface area contributed by atoms with E-state index in [-0.39, 0.29) is 17.1 Å². The maximum absolute atomic E-state index is 10.7. The summed E-state index contributed by atoms with van der Waals surface area (Å²) in [6, 6.07) is 3.03. The number of hydrogen-bond donors (Lipinski definition) is 1. The molecular weight excluding hydrogens is 248 g/mol. The zero-order valence-corrected chi connectivity index (χ0v) is 11.1. The summed E-state index contributed by atoms with van der Waals surface area (Å²) >= 11 is 0. The molecule has 2 N–H and O–H groups in total. The number of anilines is 2. The van der Waals surface area contributed by atoms with Crippen molar-refractivity contribution in [2.45, 2.75) is 25.4 Å². The molecule has 0 aliphatic carbocycles. The predicted octanol–water partition coefficient (Wildman–Crippen LogP) is 1.58. The summed E-state index contributed by atoms with van der Waals surface area (Å²) in [6.45, 7) is 3.60. The Morgan fingerprint density at radius 1 is 1.58 bits per heavy atom. The van der Waals surface area contributed by atoms with Crippen molar-refractivity contribution in [3.8, 4) is 0 Å². The van der Waals surface area contributed by atoms with Crippen LogP contribution in [0.2, 0.25) is 0 Å². The largest absolute Gasteiger partial charge is 0.378 e. The van der Waals surface area contributed by atoms with Crippen LogP contribution in [0.15, 0.2) is 12.1 Å². The van der Waals surface area contributed by atoms with Gasteiger partial charge >= 0.3 is 5.69 Å². The molecule has 1 aromatic heterocycles. The number of methoxy groups -OCH3 is 1. The third-order valence-corrected chi connectivity index (χ3v) is 3.56. The summed E-state index contributed by atoms with van der Waals surface area (Å²) in [4.78, 5) is 16.4. The van der Waals surface area contributed by atoms with Crippen LogP contribution in [0.1, 0.15) is 19.8 Å². The molecule has 1 aliphatic heterocycles. The fourth-order valence-corrected chi connectivity index (χ4v) is 2.36. The van der Waals surface area contributed by atoms with Gasteiger partial charge in [-0.3, -0.25) is 10.1 Å². The van der Waals surface area contributed by atoms with Gasteiger partial charge in [-0.05, 0) is 25.8 Å². The van der Waals surface area contributed by atoms with Crippen molar-refractivity contribution in [1.82, 2.24) is 4.98 Å². The molecule has 1 unspecified atom stereocenters. The van der Waals surface area contributed by atoms with Crippen LogP contribution < -0.4 is 10.6 Å². The maximum Gasteiger partial charge on any atom is 0.311 e. The first-order valence-electron chi connectivity index (χ1n) is 6.16. The number of nitrogen functional groups attached to an aromatic ring is 1. The first kappa shape index (κ1) is 13.5. The number of nitrogens with two attached hydrogens (primary N) is 1. The van der Waals surface area contributed by atoms with Crippen molar-refractivity contribution in [3.63, 3.8) is 0 Å². The lowest BCUT2D eigenvalue weighted by Gasteiger charge is -2.40. The highest BCUT2D eigenvalue weighted by atomic mass is 16.6. The lowest BCUT2D eigenvalue weighted by molar-refractivity contribution is -0.384. The van der Waals surface area contributed by atoms with Crippen LogP contribution in [0.25, 0.3) is 0 Å². The summed E-state index contributed by atoms with van der Waals surface area (Å²) in [5, 5.41) is 10.7. The molecule has 7 nitrogen and oxygen atoms in total. The van der Waals surface area contributed by atoms with Crippen LogP contribution in [-0.4, -0.2) is 35.7 Å². The van der Waals surface area contributed by atoms with Gasteiger partial charge in [-0.2, -0.15) is 0 Å². The Kier molecular flexibility index (Phi) is 3.57. The quantitative estimate of drug-likeness (QED) is 0.659. The van der Waals surface area contributed by atoms with Gasteiger partial charge in [0, 0.05) is 26.3 Å². The van der Waals surface area contributed by atoms with Gasteiger partial charge in [-0.25, -0.2) is 4.98 Å². The van der Waals surface area contributed by atoms with E-state index in [0.29, 0.717) is 12.4 Å². The smallest absolute Gasteiger partial charge is 0.311 e. The van der Waals surface area contributed by atoms with Gasteiger partial charge in [0.25, 0.3) is 0 Å². The Bertz CT molecular complexity index is 494. The predicted molar refractivity (Wildman–Crippen MR) is 72.2 cm³/mol. The zero-order chi connectivity index (χ0) is 14.0. The number of hydrogen-bond acceptors (Lipinski definition) is 6. The number of piperidine rings is 1. The molecule has 1 aromatic rings. The van der Waals surface area contributed by atoms with Crippen molar-refractivity contribution >= 4 is 17.3 Å². The fraction of sp³-hybridized carbons (Fsp3) is 0.583. The minimum atomic E-state index is -0.526. The molecule has 1 atom stereocenters. The Morgan fingerprint density at radius 3 is 2.89 bits per heavy atom. The van der Waals surface area contributed by atoms with E-state index in [1.54, 1.807) is 13.2 Å². The summed E-state index contributed by atoms with van der Waals surface area (Å²) < 4.78 is 5.51. The van der Waals surface area contributed by atoms with Crippen molar-refractivity contribution in [3.05, 3.63) is 22.2 Å². The van der Waals surface area contributed by atoms with Crippen molar-refractivity contribution in [1.29, 1.82) is 0 Å². The SMILES string of the molecule is COC1(C)CCCN(c2ccc([N+](=O)[O-])c(N)n2)C1. The van der Waals surface area contributed by atoms with E-state index in [9.17, 15) is 10.1 Å². The summed E-state index contributed by atoms with van der Waals surface area (Å²) in [6.07, 6.45) is 1.98. The maximum atomic E-state index is 10.7. The third kappa shape index (κ3) is 2.76. The summed E-state index contributed by atoms with van der Waals surface area (Å²) in [5.41, 5.74) is 5.25. The standard InChI is InChI=1S/C12H18N4O3/c1-12(19-2)6-3-7-15(8-12)10-5-4-9(16(17)18)11(13)14-10/h4-5H,3,6-8H2,1-2H3,(H2,13,14). The Hall–Kier alpha value is -1.89. The molecule has 1 saturated heterocycles. The van der Waals surface area contributed by atoms with Gasteiger partial charge in [0.15, 0.2) is 0 Å². The normalized spacial score (nSPS) is 23.4. The minimum absolute atomic E-state index is 0.0489. The summed E-state index contributed by atoms with van der Waals surface area (Å²) in [7, 11) is 1.70. The molecule has 7 heteroatoms. The summed E-state index contributed by atoms with van der Waals surface area (Å²) in [5.74, 6) is 0.610. The average molecular weight is 266 g/mol. The van der Waals surface area contributed by atoms with E-state index in [0.717, 1.165) is 19.4 Å². The molecular formula is C12H18N4O3. The molecule has 0 spiro atoms. The van der Waals surface area contributed by atoms with Crippen molar-refractivity contribution in [2.75, 3.05) is 30.8 Å². The molecule has 1 fully saturated rings. The second-order valence-corrected chi connectivity index (χ2v) is 5.01. The molecule has 0 aromatic carbocycles. The molecule has 0 radical (unpaired) electrons. The topological polar surface area (TPSA) is 94.5 Å². The lowest BCUT2D eigenvalue weighted by Crippen LogP contribution is -2.47. The first-order valence-corrected chi connectivity index (χ1v) is 6.16. The van der Waals surface area contributed by atoms with Gasteiger partial charge in [0.2, 0.25) is 5.82 Å². The third-order valence-electron chi connectivity index (χ3n) is 3.56. The number of nitrogens with zero attached hydrogens (tertiary/aromatic N) is 3. The van der Waals surface area contributed by atoms with Gasteiger partial charge in [0.1, 0.15) is 5.82 Å². The second kappa shape index (κ2) is 5.00. The molecule has 2 rings (SSSR count). The van der Waals surface area contributed by atoms with Gasteiger partial charge in [-0.1, -0.05) is 0 Å². The van der Waals surface area contributed by atoms with E-state index in [1.807, 2.05) is 11.8 Å². The monoisotopic (exact) mass is 266 g/mol. The average Bonchev–Trinajstić information content (AvgIpc) is 2.38. The number of pyridine rings is 1. The van der Waals surface area contributed by atoms with Crippen LogP contribution in [0.5, 0.6) is 0 Å².